The van der Waals surface area contributed by atoms with E-state index in [2.05, 4.69) is 27.9 Å². The number of imide groups is 1. The van der Waals surface area contributed by atoms with E-state index in [0.29, 0.717) is 30.3 Å². The summed E-state index contributed by atoms with van der Waals surface area (Å²) >= 11 is 2.25. The van der Waals surface area contributed by atoms with Crippen LogP contribution in [0.4, 0.5) is 9.18 Å². The Morgan fingerprint density at radius 1 is 1.00 bits per heavy atom. The molecule has 0 aromatic heterocycles. The highest BCUT2D eigenvalue weighted by Crippen LogP contribution is 2.30. The first-order valence-electron chi connectivity index (χ1n) is 10.7. The molecule has 0 unspecified atom stereocenters. The van der Waals surface area contributed by atoms with Gasteiger partial charge in [-0.2, -0.15) is 0 Å². The molecule has 4 rings (SSSR count). The van der Waals surface area contributed by atoms with E-state index in [-0.39, 0.29) is 17.8 Å². The molecule has 0 atom stereocenters. The van der Waals surface area contributed by atoms with Gasteiger partial charge in [-0.25, -0.2) is 9.18 Å². The van der Waals surface area contributed by atoms with Crippen LogP contribution in [-0.4, -0.2) is 23.4 Å². The number of carbonyl (C=O) groups is 2. The van der Waals surface area contributed by atoms with Gasteiger partial charge in [0, 0.05) is 9.13 Å². The van der Waals surface area contributed by atoms with Gasteiger partial charge in [0.2, 0.25) is 0 Å². The van der Waals surface area contributed by atoms with Crippen LogP contribution in [-0.2, 0) is 17.9 Å². The Kier molecular flexibility index (Phi) is 7.46. The van der Waals surface area contributed by atoms with E-state index in [1.807, 2.05) is 31.2 Å². The van der Waals surface area contributed by atoms with Crippen molar-refractivity contribution in [3.63, 3.8) is 0 Å². The zero-order valence-electron chi connectivity index (χ0n) is 18.4. The monoisotopic (exact) mass is 572 g/mol. The molecular weight excluding hydrogens is 550 g/mol. The molecule has 1 aliphatic heterocycles. The SMILES string of the molecule is CCOc1cc(/C=C2/NC(=O)N(Cc3ccccc3F)C2=O)ccc1OCc1ccc(I)cc1. The molecule has 8 heteroatoms. The van der Waals surface area contributed by atoms with Crippen molar-refractivity contribution in [2.75, 3.05) is 6.61 Å². The van der Waals surface area contributed by atoms with Gasteiger partial charge < -0.3 is 14.8 Å². The van der Waals surface area contributed by atoms with Crippen molar-refractivity contribution in [1.29, 1.82) is 0 Å². The van der Waals surface area contributed by atoms with Gasteiger partial charge in [0.05, 0.1) is 13.2 Å². The number of carbonyl (C=O) groups excluding carboxylic acids is 2. The molecule has 1 N–H and O–H groups in total. The molecule has 0 saturated carbocycles. The lowest BCUT2D eigenvalue weighted by Gasteiger charge is -2.13. The van der Waals surface area contributed by atoms with Crippen LogP contribution in [0.25, 0.3) is 6.08 Å². The van der Waals surface area contributed by atoms with Gasteiger partial charge in [-0.3, -0.25) is 9.69 Å². The predicted molar refractivity (Wildman–Crippen MR) is 135 cm³/mol. The number of ether oxygens (including phenoxy) is 2. The van der Waals surface area contributed by atoms with Crippen molar-refractivity contribution in [3.8, 4) is 11.5 Å². The standard InChI is InChI=1S/C26H22FIN2O4/c1-2-33-24-14-18(9-12-23(24)34-16-17-7-10-20(28)11-8-17)13-22-25(31)30(26(32)29-22)15-19-5-3-4-6-21(19)27/h3-14H,2,15-16H2,1H3,(H,29,32)/b22-13+. The number of urea groups is 1. The van der Waals surface area contributed by atoms with Gasteiger partial charge >= 0.3 is 6.03 Å². The van der Waals surface area contributed by atoms with Crippen molar-refractivity contribution in [1.82, 2.24) is 10.2 Å². The summed E-state index contributed by atoms with van der Waals surface area (Å²) in [7, 11) is 0. The summed E-state index contributed by atoms with van der Waals surface area (Å²) in [6.45, 7) is 2.54. The highest BCUT2D eigenvalue weighted by atomic mass is 127. The smallest absolute Gasteiger partial charge is 0.329 e. The molecule has 0 aliphatic carbocycles. The van der Waals surface area contributed by atoms with Crippen LogP contribution in [0.3, 0.4) is 0 Å². The number of rotatable bonds is 8. The predicted octanol–water partition coefficient (Wildman–Crippen LogP) is 5.50. The first-order valence-corrected chi connectivity index (χ1v) is 11.7. The van der Waals surface area contributed by atoms with Crippen molar-refractivity contribution in [2.45, 2.75) is 20.1 Å². The molecule has 6 nitrogen and oxygen atoms in total. The number of benzene rings is 3. The summed E-state index contributed by atoms with van der Waals surface area (Å²) in [6, 6.07) is 18.8. The zero-order valence-corrected chi connectivity index (χ0v) is 20.5. The molecule has 0 spiro atoms. The lowest BCUT2D eigenvalue weighted by atomic mass is 10.1. The molecule has 1 saturated heterocycles. The molecule has 3 aromatic rings. The van der Waals surface area contributed by atoms with Crippen LogP contribution in [0.1, 0.15) is 23.6 Å². The van der Waals surface area contributed by atoms with Crippen LogP contribution in [0.15, 0.2) is 72.4 Å². The second kappa shape index (κ2) is 10.7. The first-order chi connectivity index (χ1) is 16.4. The van der Waals surface area contributed by atoms with Crippen molar-refractivity contribution < 1.29 is 23.5 Å². The summed E-state index contributed by atoms with van der Waals surface area (Å²) in [4.78, 5) is 26.1. The molecule has 3 amide bonds. The summed E-state index contributed by atoms with van der Waals surface area (Å²) in [5.41, 5.74) is 2.06. The third-order valence-electron chi connectivity index (χ3n) is 5.13. The fraction of sp³-hybridized carbons (Fsp3) is 0.154. The Bertz CT molecular complexity index is 1240. The second-order valence-corrected chi connectivity index (χ2v) is 8.77. The Hall–Kier alpha value is -3.40. The molecular formula is C26H22FIN2O4. The third-order valence-corrected chi connectivity index (χ3v) is 5.85. The molecule has 34 heavy (non-hydrogen) atoms. The summed E-state index contributed by atoms with van der Waals surface area (Å²) in [6.07, 6.45) is 1.56. The quantitative estimate of drug-likeness (QED) is 0.220. The second-order valence-electron chi connectivity index (χ2n) is 7.53. The number of amides is 3. The van der Waals surface area contributed by atoms with Crippen LogP contribution >= 0.6 is 22.6 Å². The maximum Gasteiger partial charge on any atom is 0.329 e. The average Bonchev–Trinajstić information content (AvgIpc) is 3.08. The van der Waals surface area contributed by atoms with Gasteiger partial charge in [-0.1, -0.05) is 36.4 Å². The molecule has 1 fully saturated rings. The topological polar surface area (TPSA) is 67.9 Å². The third kappa shape index (κ3) is 5.56. The van der Waals surface area contributed by atoms with E-state index in [1.54, 1.807) is 42.5 Å². The lowest BCUT2D eigenvalue weighted by Crippen LogP contribution is -2.30. The minimum atomic E-state index is -0.595. The highest BCUT2D eigenvalue weighted by molar-refractivity contribution is 14.1. The minimum absolute atomic E-state index is 0.108. The first kappa shape index (κ1) is 23.7. The summed E-state index contributed by atoms with van der Waals surface area (Å²) in [5, 5.41) is 2.56. The van der Waals surface area contributed by atoms with Gasteiger partial charge in [-0.05, 0) is 77.0 Å². The Morgan fingerprint density at radius 3 is 2.50 bits per heavy atom. The number of nitrogens with zero attached hydrogens (tertiary/aromatic N) is 1. The lowest BCUT2D eigenvalue weighted by molar-refractivity contribution is -0.123. The van der Waals surface area contributed by atoms with E-state index in [1.165, 1.54) is 6.07 Å². The molecule has 3 aromatic carbocycles. The maximum atomic E-state index is 14.0. The van der Waals surface area contributed by atoms with Crippen molar-refractivity contribution in [3.05, 3.63) is 98.5 Å². The molecule has 1 heterocycles. The number of nitrogens with one attached hydrogen (secondary N) is 1. The van der Waals surface area contributed by atoms with Crippen LogP contribution in [0.5, 0.6) is 11.5 Å². The highest BCUT2D eigenvalue weighted by Gasteiger charge is 2.34. The fourth-order valence-corrected chi connectivity index (χ4v) is 3.78. The normalized spacial score (nSPS) is 14.4. The molecule has 1 aliphatic rings. The number of hydrogen-bond acceptors (Lipinski definition) is 4. The van der Waals surface area contributed by atoms with Crippen molar-refractivity contribution >= 4 is 40.6 Å². The van der Waals surface area contributed by atoms with E-state index in [9.17, 15) is 14.0 Å². The van der Waals surface area contributed by atoms with Crippen molar-refractivity contribution in [2.24, 2.45) is 0 Å². The number of halogens is 2. The van der Waals surface area contributed by atoms with E-state index in [4.69, 9.17) is 9.47 Å². The van der Waals surface area contributed by atoms with Crippen LogP contribution < -0.4 is 14.8 Å². The molecule has 0 radical (unpaired) electrons. The zero-order chi connectivity index (χ0) is 24.1. The summed E-state index contributed by atoms with van der Waals surface area (Å²) < 4.78 is 26.8. The largest absolute Gasteiger partial charge is 0.490 e. The Morgan fingerprint density at radius 2 is 1.76 bits per heavy atom. The van der Waals surface area contributed by atoms with Gasteiger partial charge in [0.25, 0.3) is 5.91 Å². The van der Waals surface area contributed by atoms with Gasteiger partial charge in [-0.15, -0.1) is 0 Å². The average molecular weight is 572 g/mol. The van der Waals surface area contributed by atoms with E-state index in [0.717, 1.165) is 14.0 Å². The van der Waals surface area contributed by atoms with E-state index < -0.39 is 17.8 Å². The summed E-state index contributed by atoms with van der Waals surface area (Å²) in [5.74, 6) is 0.112. The van der Waals surface area contributed by atoms with E-state index >= 15 is 0 Å². The Labute approximate surface area is 210 Å². The Balaban J connectivity index is 1.51. The molecule has 0 bridgehead atoms. The van der Waals surface area contributed by atoms with Crippen LogP contribution in [0, 0.1) is 9.39 Å². The molecule has 174 valence electrons. The van der Waals surface area contributed by atoms with Crippen LogP contribution in [0.2, 0.25) is 0 Å². The minimum Gasteiger partial charge on any atom is -0.490 e. The fourth-order valence-electron chi connectivity index (χ4n) is 3.42. The number of hydrogen-bond donors (Lipinski definition) is 1. The van der Waals surface area contributed by atoms with Gasteiger partial charge in [0.1, 0.15) is 18.1 Å². The maximum absolute atomic E-state index is 14.0. The van der Waals surface area contributed by atoms with Gasteiger partial charge in [0.15, 0.2) is 11.5 Å².